The van der Waals surface area contributed by atoms with Gasteiger partial charge in [-0.15, -0.1) is 0 Å². The number of imide groups is 1. The van der Waals surface area contributed by atoms with E-state index in [4.69, 9.17) is 4.74 Å². The van der Waals surface area contributed by atoms with Crippen LogP contribution in [0.1, 0.15) is 40.0 Å². The van der Waals surface area contributed by atoms with Crippen molar-refractivity contribution in [2.24, 2.45) is 5.92 Å². The number of piperidine rings is 1. The fraction of sp³-hybridized carbons (Fsp3) is 0.812. The summed E-state index contributed by atoms with van der Waals surface area (Å²) in [6, 6.07) is -0.392. The zero-order valence-corrected chi connectivity index (χ0v) is 14.3. The lowest BCUT2D eigenvalue weighted by molar-refractivity contribution is -0.143. The number of urea groups is 1. The lowest BCUT2D eigenvalue weighted by Crippen LogP contribution is -2.55. The first-order chi connectivity index (χ1) is 10.9. The minimum Gasteiger partial charge on any atom is -0.466 e. The molecule has 2 aliphatic heterocycles. The van der Waals surface area contributed by atoms with E-state index in [1.165, 1.54) is 0 Å². The second kappa shape index (κ2) is 7.29. The van der Waals surface area contributed by atoms with Crippen molar-refractivity contribution in [3.8, 4) is 0 Å². The Balaban J connectivity index is 1.92. The minimum atomic E-state index is -0.779. The van der Waals surface area contributed by atoms with E-state index in [1.807, 2.05) is 0 Å². The molecule has 1 spiro atoms. The summed E-state index contributed by atoms with van der Waals surface area (Å²) in [5.41, 5.74) is -0.779. The normalized spacial score (nSPS) is 21.1. The van der Waals surface area contributed by atoms with Crippen LogP contribution in [0.15, 0.2) is 0 Å². The molecule has 130 valence electrons. The predicted octanol–water partition coefficient (Wildman–Crippen LogP) is 0.982. The Morgan fingerprint density at radius 1 is 1.30 bits per heavy atom. The van der Waals surface area contributed by atoms with Crippen molar-refractivity contribution in [1.82, 2.24) is 15.1 Å². The highest BCUT2D eigenvalue weighted by Crippen LogP contribution is 2.29. The minimum absolute atomic E-state index is 0.0442. The molecular formula is C16H27N3O4. The highest BCUT2D eigenvalue weighted by molar-refractivity contribution is 6.07. The molecule has 0 aliphatic carbocycles. The molecule has 1 N–H and O–H groups in total. The number of nitrogens with one attached hydrogen (secondary N) is 1. The molecule has 23 heavy (non-hydrogen) atoms. The van der Waals surface area contributed by atoms with E-state index in [0.717, 1.165) is 24.5 Å². The number of carbonyl (C=O) groups is 3. The fourth-order valence-electron chi connectivity index (χ4n) is 3.29. The van der Waals surface area contributed by atoms with Gasteiger partial charge in [0.1, 0.15) is 5.54 Å². The molecule has 0 aromatic rings. The number of hydrogen-bond acceptors (Lipinski definition) is 5. The van der Waals surface area contributed by atoms with Gasteiger partial charge in [-0.2, -0.15) is 0 Å². The van der Waals surface area contributed by atoms with E-state index in [9.17, 15) is 14.4 Å². The topological polar surface area (TPSA) is 79.0 Å². The quantitative estimate of drug-likeness (QED) is 0.582. The summed E-state index contributed by atoms with van der Waals surface area (Å²) in [4.78, 5) is 39.7. The van der Waals surface area contributed by atoms with Gasteiger partial charge in [0.05, 0.1) is 13.0 Å². The van der Waals surface area contributed by atoms with Crippen LogP contribution in [-0.2, 0) is 14.3 Å². The third-order valence-electron chi connectivity index (χ3n) is 4.42. The molecule has 0 aromatic heterocycles. The molecule has 2 saturated heterocycles. The predicted molar refractivity (Wildman–Crippen MR) is 84.7 cm³/mol. The van der Waals surface area contributed by atoms with Gasteiger partial charge in [-0.1, -0.05) is 13.8 Å². The van der Waals surface area contributed by atoms with Crippen LogP contribution in [0.25, 0.3) is 0 Å². The lowest BCUT2D eigenvalue weighted by Gasteiger charge is -2.37. The molecule has 7 heteroatoms. The third kappa shape index (κ3) is 4.02. The highest BCUT2D eigenvalue weighted by Gasteiger charge is 2.52. The summed E-state index contributed by atoms with van der Waals surface area (Å²) in [6.07, 6.45) is 1.29. The molecule has 0 aromatic carbocycles. The molecule has 0 radical (unpaired) electrons. The van der Waals surface area contributed by atoms with Gasteiger partial charge in [0, 0.05) is 26.2 Å². The van der Waals surface area contributed by atoms with Gasteiger partial charge in [0.15, 0.2) is 0 Å². The zero-order chi connectivity index (χ0) is 17.0. The van der Waals surface area contributed by atoms with E-state index in [1.54, 1.807) is 6.92 Å². The first kappa shape index (κ1) is 17.7. The number of ether oxygens (including phenoxy) is 1. The summed E-state index contributed by atoms with van der Waals surface area (Å²) in [6.45, 7) is 9.06. The molecule has 0 atom stereocenters. The lowest BCUT2D eigenvalue weighted by atomic mass is 9.87. The summed E-state index contributed by atoms with van der Waals surface area (Å²) in [5, 5.41) is 2.86. The van der Waals surface area contributed by atoms with Gasteiger partial charge in [-0.05, 0) is 25.7 Å². The number of esters is 1. The van der Waals surface area contributed by atoms with Crippen molar-refractivity contribution in [3.05, 3.63) is 0 Å². The van der Waals surface area contributed by atoms with Crippen molar-refractivity contribution in [2.45, 2.75) is 45.6 Å². The first-order valence-corrected chi connectivity index (χ1v) is 8.40. The van der Waals surface area contributed by atoms with Gasteiger partial charge in [0.25, 0.3) is 5.91 Å². The van der Waals surface area contributed by atoms with Crippen molar-refractivity contribution in [3.63, 3.8) is 0 Å². The van der Waals surface area contributed by atoms with E-state index in [-0.39, 0.29) is 24.8 Å². The van der Waals surface area contributed by atoms with E-state index in [2.05, 4.69) is 24.1 Å². The van der Waals surface area contributed by atoms with Crippen LogP contribution in [0, 0.1) is 5.92 Å². The van der Waals surface area contributed by atoms with Crippen LogP contribution in [0.2, 0.25) is 0 Å². The van der Waals surface area contributed by atoms with Gasteiger partial charge < -0.3 is 15.0 Å². The van der Waals surface area contributed by atoms with Crippen LogP contribution in [0.4, 0.5) is 4.79 Å². The third-order valence-corrected chi connectivity index (χ3v) is 4.42. The van der Waals surface area contributed by atoms with Crippen LogP contribution in [0.5, 0.6) is 0 Å². The van der Waals surface area contributed by atoms with Gasteiger partial charge in [-0.25, -0.2) is 4.79 Å². The van der Waals surface area contributed by atoms with Crippen molar-refractivity contribution >= 4 is 17.9 Å². The monoisotopic (exact) mass is 325 g/mol. The number of likely N-dealkylation sites (tertiary alicyclic amines) is 1. The van der Waals surface area contributed by atoms with Gasteiger partial charge >= 0.3 is 12.0 Å². The molecule has 2 heterocycles. The van der Waals surface area contributed by atoms with Crippen LogP contribution >= 0.6 is 0 Å². The Kier molecular flexibility index (Phi) is 5.62. The summed E-state index contributed by atoms with van der Waals surface area (Å²) in [5.74, 6) is -0.00389. The Morgan fingerprint density at radius 2 is 1.96 bits per heavy atom. The Labute approximate surface area is 137 Å². The van der Waals surface area contributed by atoms with E-state index >= 15 is 0 Å². The van der Waals surface area contributed by atoms with Gasteiger partial charge in [0.2, 0.25) is 0 Å². The molecule has 0 unspecified atom stereocenters. The summed E-state index contributed by atoms with van der Waals surface area (Å²) < 4.78 is 4.84. The fourth-order valence-corrected chi connectivity index (χ4v) is 3.29. The van der Waals surface area contributed by atoms with Crippen molar-refractivity contribution in [1.29, 1.82) is 0 Å². The number of carbonyl (C=O) groups excluding carboxylic acids is 3. The standard InChI is InChI=1S/C16H27N3O4/c1-4-23-13(20)5-8-19-14(21)16(17-15(19)22)6-9-18(10-7-16)11-12(2)3/h12H,4-11H2,1-3H3,(H,17,22). The maximum absolute atomic E-state index is 12.7. The smallest absolute Gasteiger partial charge is 0.325 e. The van der Waals surface area contributed by atoms with Crippen LogP contribution < -0.4 is 5.32 Å². The second-order valence-corrected chi connectivity index (χ2v) is 6.72. The zero-order valence-electron chi connectivity index (χ0n) is 14.3. The maximum atomic E-state index is 12.7. The molecule has 0 saturated carbocycles. The number of nitrogens with zero attached hydrogens (tertiary/aromatic N) is 2. The average molecular weight is 325 g/mol. The average Bonchev–Trinajstić information content (AvgIpc) is 2.71. The largest absolute Gasteiger partial charge is 0.466 e. The van der Waals surface area contributed by atoms with E-state index in [0.29, 0.717) is 25.4 Å². The summed E-state index contributed by atoms with van der Waals surface area (Å²) in [7, 11) is 0. The van der Waals surface area contributed by atoms with Crippen LogP contribution in [-0.4, -0.2) is 66.0 Å². The molecule has 7 nitrogen and oxygen atoms in total. The number of amides is 3. The van der Waals surface area contributed by atoms with Gasteiger partial charge in [-0.3, -0.25) is 14.5 Å². The van der Waals surface area contributed by atoms with E-state index < -0.39 is 11.6 Å². The molecule has 3 amide bonds. The Bertz CT molecular complexity index is 470. The number of rotatable bonds is 6. The molecule has 0 bridgehead atoms. The molecule has 2 fully saturated rings. The SMILES string of the molecule is CCOC(=O)CCN1C(=O)NC2(CCN(CC(C)C)CC2)C1=O. The first-order valence-electron chi connectivity index (χ1n) is 8.40. The maximum Gasteiger partial charge on any atom is 0.325 e. The Hall–Kier alpha value is -1.63. The second-order valence-electron chi connectivity index (χ2n) is 6.72. The van der Waals surface area contributed by atoms with Crippen molar-refractivity contribution < 1.29 is 19.1 Å². The Morgan fingerprint density at radius 3 is 2.52 bits per heavy atom. The number of hydrogen-bond donors (Lipinski definition) is 1. The van der Waals surface area contributed by atoms with Crippen molar-refractivity contribution in [2.75, 3.05) is 32.8 Å². The van der Waals surface area contributed by atoms with Crippen LogP contribution in [0.3, 0.4) is 0 Å². The molecule has 2 rings (SSSR count). The highest BCUT2D eigenvalue weighted by atomic mass is 16.5. The molecule has 2 aliphatic rings. The molecular weight excluding hydrogens is 298 g/mol. The summed E-state index contributed by atoms with van der Waals surface area (Å²) >= 11 is 0.